The molecule has 0 amide bonds. The number of rotatable bonds is 3. The molecule has 0 atom stereocenters. The molecule has 1 aliphatic heterocycles. The van der Waals surface area contributed by atoms with Crippen molar-refractivity contribution in [2.75, 3.05) is 0 Å². The molecule has 23 heavy (non-hydrogen) atoms. The van der Waals surface area contributed by atoms with Gasteiger partial charge in [0.15, 0.2) is 0 Å². The van der Waals surface area contributed by atoms with E-state index in [1.807, 2.05) is 13.8 Å². The van der Waals surface area contributed by atoms with E-state index in [4.69, 9.17) is 4.74 Å². The van der Waals surface area contributed by atoms with Gasteiger partial charge in [0.25, 0.3) is 10.1 Å². The van der Waals surface area contributed by atoms with Gasteiger partial charge >= 0.3 is 11.9 Å². The summed E-state index contributed by atoms with van der Waals surface area (Å²) < 4.78 is 36.7. The largest absolute Gasteiger partial charge is 0.386 e. The number of benzene rings is 2. The minimum Gasteiger partial charge on any atom is -0.386 e. The Morgan fingerprint density at radius 1 is 1.13 bits per heavy atom. The van der Waals surface area contributed by atoms with Crippen molar-refractivity contribution in [3.05, 3.63) is 41.0 Å². The first kappa shape index (κ1) is 15.6. The Hall–Kier alpha value is -2.25. The van der Waals surface area contributed by atoms with Crippen molar-refractivity contribution in [2.24, 2.45) is 5.92 Å². The first-order valence-corrected chi connectivity index (χ1v) is 8.46. The molecule has 0 fully saturated rings. The van der Waals surface area contributed by atoms with Crippen LogP contribution in [0.5, 0.6) is 0 Å². The van der Waals surface area contributed by atoms with Crippen molar-refractivity contribution in [3.8, 4) is 0 Å². The number of carbonyl (C=O) groups is 2. The van der Waals surface area contributed by atoms with Gasteiger partial charge in [0.05, 0.1) is 16.0 Å². The lowest BCUT2D eigenvalue weighted by Crippen LogP contribution is -2.22. The molecule has 0 saturated carbocycles. The molecule has 6 nitrogen and oxygen atoms in total. The molecule has 120 valence electrons. The third-order valence-corrected chi connectivity index (χ3v) is 4.54. The van der Waals surface area contributed by atoms with E-state index in [0.29, 0.717) is 17.2 Å². The van der Waals surface area contributed by atoms with E-state index in [1.54, 1.807) is 12.1 Å². The minimum atomic E-state index is -4.47. The highest BCUT2D eigenvalue weighted by molar-refractivity contribution is 7.85. The summed E-state index contributed by atoms with van der Waals surface area (Å²) in [5.41, 5.74) is 0.994. The highest BCUT2D eigenvalue weighted by Gasteiger charge is 2.31. The zero-order chi connectivity index (χ0) is 16.9. The Morgan fingerprint density at radius 2 is 1.83 bits per heavy atom. The van der Waals surface area contributed by atoms with Crippen LogP contribution in [0.25, 0.3) is 10.8 Å². The van der Waals surface area contributed by atoms with Crippen LogP contribution in [-0.2, 0) is 21.3 Å². The van der Waals surface area contributed by atoms with Gasteiger partial charge in [0, 0.05) is 5.39 Å². The molecule has 2 aromatic carbocycles. The number of hydrogen-bond donors (Lipinski definition) is 1. The number of cyclic esters (lactones) is 2. The van der Waals surface area contributed by atoms with E-state index in [0.717, 1.165) is 11.6 Å². The molecular weight excluding hydrogens is 320 g/mol. The van der Waals surface area contributed by atoms with E-state index < -0.39 is 27.0 Å². The van der Waals surface area contributed by atoms with Crippen LogP contribution in [0, 0.1) is 5.92 Å². The predicted octanol–water partition coefficient (Wildman–Crippen LogP) is 2.60. The van der Waals surface area contributed by atoms with Gasteiger partial charge in [-0.15, -0.1) is 0 Å². The summed E-state index contributed by atoms with van der Waals surface area (Å²) in [7, 11) is -4.47. The summed E-state index contributed by atoms with van der Waals surface area (Å²) in [4.78, 5) is 23.7. The van der Waals surface area contributed by atoms with E-state index >= 15 is 0 Å². The van der Waals surface area contributed by atoms with Crippen molar-refractivity contribution >= 4 is 32.8 Å². The Labute approximate surface area is 132 Å². The summed E-state index contributed by atoms with van der Waals surface area (Å²) in [6, 6.07) is 5.63. The molecule has 0 radical (unpaired) electrons. The second-order valence-corrected chi connectivity index (χ2v) is 7.34. The van der Waals surface area contributed by atoms with Gasteiger partial charge in [-0.25, -0.2) is 9.59 Å². The van der Waals surface area contributed by atoms with Crippen molar-refractivity contribution < 1.29 is 27.3 Å². The van der Waals surface area contributed by atoms with Crippen LogP contribution in [0.15, 0.2) is 29.2 Å². The normalized spacial score (nSPS) is 14.4. The summed E-state index contributed by atoms with van der Waals surface area (Å²) in [5.74, 6) is -1.36. The molecule has 2 aromatic rings. The fourth-order valence-corrected chi connectivity index (χ4v) is 3.37. The van der Waals surface area contributed by atoms with E-state index in [-0.39, 0.29) is 17.0 Å². The standard InChI is InChI=1S/C16H14O6S/c1-8(2)5-9-3-4-10-6-11(23(19,20)21)7-12-13(10)14(9)16(18)22-15(12)17/h3-4,6-8H,5H2,1-2H3,(H,19,20,21). The SMILES string of the molecule is CC(C)Cc1ccc2cc(S(=O)(=O)O)cc3c2c1C(=O)OC3=O. The lowest BCUT2D eigenvalue weighted by molar-refractivity contribution is 0.0390. The Balaban J connectivity index is 2.41. The van der Waals surface area contributed by atoms with Gasteiger partial charge in [-0.3, -0.25) is 4.55 Å². The smallest absolute Gasteiger partial charge is 0.346 e. The highest BCUT2D eigenvalue weighted by atomic mass is 32.2. The van der Waals surface area contributed by atoms with Gasteiger partial charge in [-0.1, -0.05) is 26.0 Å². The minimum absolute atomic E-state index is 0.0321. The summed E-state index contributed by atoms with van der Waals surface area (Å²) >= 11 is 0. The van der Waals surface area contributed by atoms with Gasteiger partial charge in [-0.2, -0.15) is 8.42 Å². The molecular formula is C16H14O6S. The van der Waals surface area contributed by atoms with Gasteiger partial charge in [-0.05, 0) is 35.4 Å². The maximum atomic E-state index is 12.2. The molecule has 0 saturated heterocycles. The molecule has 1 N–H and O–H groups in total. The molecule has 3 rings (SSSR count). The maximum Gasteiger partial charge on any atom is 0.346 e. The molecule has 0 unspecified atom stereocenters. The quantitative estimate of drug-likeness (QED) is 0.526. The zero-order valence-corrected chi connectivity index (χ0v) is 13.3. The van der Waals surface area contributed by atoms with Crippen molar-refractivity contribution in [1.29, 1.82) is 0 Å². The van der Waals surface area contributed by atoms with Crippen LogP contribution in [0.3, 0.4) is 0 Å². The number of hydrogen-bond acceptors (Lipinski definition) is 5. The van der Waals surface area contributed by atoms with Crippen LogP contribution < -0.4 is 0 Å². The van der Waals surface area contributed by atoms with Crippen LogP contribution in [0.2, 0.25) is 0 Å². The lowest BCUT2D eigenvalue weighted by atomic mass is 9.90. The molecule has 0 aromatic heterocycles. The first-order chi connectivity index (χ1) is 10.7. The van der Waals surface area contributed by atoms with Crippen LogP contribution in [-0.4, -0.2) is 24.9 Å². The molecule has 7 heteroatoms. The zero-order valence-electron chi connectivity index (χ0n) is 12.5. The number of esters is 2. The third kappa shape index (κ3) is 2.62. The Kier molecular flexibility index (Phi) is 3.50. The fourth-order valence-electron chi connectivity index (χ4n) is 2.82. The fraction of sp³-hybridized carbons (Fsp3) is 0.250. The average molecular weight is 334 g/mol. The maximum absolute atomic E-state index is 12.2. The average Bonchev–Trinajstić information content (AvgIpc) is 2.43. The van der Waals surface area contributed by atoms with E-state index in [2.05, 4.69) is 0 Å². The monoisotopic (exact) mass is 334 g/mol. The molecule has 0 spiro atoms. The number of ether oxygens (including phenoxy) is 1. The van der Waals surface area contributed by atoms with Gasteiger partial charge in [0.1, 0.15) is 0 Å². The van der Waals surface area contributed by atoms with E-state index in [1.165, 1.54) is 6.07 Å². The first-order valence-electron chi connectivity index (χ1n) is 7.02. The molecule has 1 aliphatic rings. The topological polar surface area (TPSA) is 97.7 Å². The van der Waals surface area contributed by atoms with Crippen molar-refractivity contribution in [2.45, 2.75) is 25.2 Å². The molecule has 1 heterocycles. The Morgan fingerprint density at radius 3 is 2.43 bits per heavy atom. The summed E-state index contributed by atoms with van der Waals surface area (Å²) in [6.45, 7) is 4.00. The van der Waals surface area contributed by atoms with Crippen LogP contribution in [0.1, 0.15) is 40.1 Å². The van der Waals surface area contributed by atoms with Crippen molar-refractivity contribution in [3.63, 3.8) is 0 Å². The van der Waals surface area contributed by atoms with Gasteiger partial charge in [0.2, 0.25) is 0 Å². The van der Waals surface area contributed by atoms with Crippen LogP contribution in [0.4, 0.5) is 0 Å². The van der Waals surface area contributed by atoms with Crippen molar-refractivity contribution in [1.82, 2.24) is 0 Å². The van der Waals surface area contributed by atoms with Gasteiger partial charge < -0.3 is 4.74 Å². The lowest BCUT2D eigenvalue weighted by Gasteiger charge is -2.20. The van der Waals surface area contributed by atoms with E-state index in [9.17, 15) is 22.6 Å². The van der Waals surface area contributed by atoms with Crippen LogP contribution >= 0.6 is 0 Å². The summed E-state index contributed by atoms with van der Waals surface area (Å²) in [5, 5.41) is 0.763. The second-order valence-electron chi connectivity index (χ2n) is 5.92. The third-order valence-electron chi connectivity index (χ3n) is 3.71. The number of carbonyl (C=O) groups excluding carboxylic acids is 2. The second kappa shape index (κ2) is 5.14. The molecule has 0 bridgehead atoms. The predicted molar refractivity (Wildman–Crippen MR) is 82.1 cm³/mol. The summed E-state index contributed by atoms with van der Waals surface area (Å²) in [6.07, 6.45) is 0.619. The Bertz CT molecular complexity index is 956. The highest BCUT2D eigenvalue weighted by Crippen LogP contribution is 2.34. The molecule has 0 aliphatic carbocycles.